The predicted molar refractivity (Wildman–Crippen MR) is 150 cm³/mol. The molecule has 0 aromatic carbocycles. The summed E-state index contributed by atoms with van der Waals surface area (Å²) in [6, 6.07) is 0. The second-order valence-electron chi connectivity index (χ2n) is 16.3. The Labute approximate surface area is 235 Å². The van der Waals surface area contributed by atoms with Gasteiger partial charge in [0, 0.05) is 36.5 Å². The fraction of sp³-hybridized carbons (Fsp3) is 0.935. The van der Waals surface area contributed by atoms with Crippen molar-refractivity contribution in [2.24, 2.45) is 33.5 Å². The minimum absolute atomic E-state index is 0.0626. The summed E-state index contributed by atoms with van der Waals surface area (Å²) in [5, 5.41) is 44.5. The molecule has 0 amide bonds. The van der Waals surface area contributed by atoms with Crippen molar-refractivity contribution in [3.05, 3.63) is 0 Å². The number of aliphatic hydroxyl groups excluding tert-OH is 2. The van der Waals surface area contributed by atoms with Gasteiger partial charge in [0.2, 0.25) is 0 Å². The molecule has 2 rings (SSSR count). The van der Waals surface area contributed by atoms with Gasteiger partial charge in [-0.3, -0.25) is 9.59 Å². The number of hydrogen-bond donors (Lipinski definition) is 4. The van der Waals surface area contributed by atoms with Crippen molar-refractivity contribution in [2.45, 2.75) is 151 Å². The van der Waals surface area contributed by atoms with Crippen LogP contribution in [0.1, 0.15) is 115 Å². The van der Waals surface area contributed by atoms with Gasteiger partial charge in [-0.25, -0.2) is 0 Å². The van der Waals surface area contributed by atoms with Crippen LogP contribution in [0.2, 0.25) is 0 Å². The monoisotopic (exact) mass is 556 g/mol. The average Bonchev–Trinajstić information content (AvgIpc) is 2.69. The summed E-state index contributed by atoms with van der Waals surface area (Å²) in [6.07, 6.45) is -3.34. The number of carbonyl (C=O) groups is 2. The van der Waals surface area contributed by atoms with Crippen LogP contribution in [0.25, 0.3) is 0 Å². The minimum Gasteiger partial charge on any atom is -0.392 e. The Morgan fingerprint density at radius 1 is 0.641 bits per heavy atom. The Kier molecular flexibility index (Phi) is 9.73. The highest BCUT2D eigenvalue weighted by atomic mass is 16.6. The second kappa shape index (κ2) is 11.1. The molecule has 8 nitrogen and oxygen atoms in total. The Balaban J connectivity index is 2.16. The summed E-state index contributed by atoms with van der Waals surface area (Å²) in [7, 11) is 0. The number of aliphatic hydroxyl groups is 4. The number of Topliss-reactive ketones (excluding diaryl/α,β-unsaturated/α-hetero) is 2. The largest absolute Gasteiger partial charge is 0.392 e. The number of hydrogen-bond acceptors (Lipinski definition) is 8. The van der Waals surface area contributed by atoms with Crippen molar-refractivity contribution >= 4 is 11.6 Å². The van der Waals surface area contributed by atoms with E-state index < -0.39 is 69.5 Å². The molecule has 2 saturated heterocycles. The summed E-state index contributed by atoms with van der Waals surface area (Å²) in [4.78, 5) is 26.9. The first kappa shape index (κ1) is 34.3. The molecule has 2 aliphatic heterocycles. The third-order valence-corrected chi connectivity index (χ3v) is 8.74. The van der Waals surface area contributed by atoms with Crippen LogP contribution in [0.5, 0.6) is 0 Å². The lowest BCUT2D eigenvalue weighted by Crippen LogP contribution is -2.62. The molecule has 0 aromatic rings. The molecule has 0 aliphatic carbocycles. The van der Waals surface area contributed by atoms with E-state index in [1.807, 2.05) is 83.1 Å². The van der Waals surface area contributed by atoms with Crippen molar-refractivity contribution in [3.63, 3.8) is 0 Å². The van der Waals surface area contributed by atoms with E-state index in [1.54, 1.807) is 0 Å². The fourth-order valence-electron chi connectivity index (χ4n) is 5.82. The van der Waals surface area contributed by atoms with Crippen LogP contribution in [0.15, 0.2) is 0 Å². The van der Waals surface area contributed by atoms with Crippen LogP contribution >= 0.6 is 0 Å². The van der Waals surface area contributed by atoms with Crippen LogP contribution in [0.4, 0.5) is 0 Å². The van der Waals surface area contributed by atoms with E-state index in [4.69, 9.17) is 9.47 Å². The number of ketones is 2. The first-order valence-corrected chi connectivity index (χ1v) is 14.5. The lowest BCUT2D eigenvalue weighted by molar-refractivity contribution is -0.341. The van der Waals surface area contributed by atoms with Crippen molar-refractivity contribution in [3.8, 4) is 0 Å². The van der Waals surface area contributed by atoms with Crippen molar-refractivity contribution in [1.29, 1.82) is 0 Å². The molecular weight excluding hydrogens is 500 g/mol. The van der Waals surface area contributed by atoms with E-state index in [0.29, 0.717) is 0 Å². The van der Waals surface area contributed by atoms with Crippen LogP contribution in [-0.4, -0.2) is 68.0 Å². The van der Waals surface area contributed by atoms with Crippen LogP contribution in [0.3, 0.4) is 0 Å². The van der Waals surface area contributed by atoms with Gasteiger partial charge in [-0.1, -0.05) is 83.1 Å². The summed E-state index contributed by atoms with van der Waals surface area (Å²) >= 11 is 0. The van der Waals surface area contributed by atoms with Crippen molar-refractivity contribution in [2.75, 3.05) is 0 Å². The standard InChI is InChI=1S/C31H56O8/c1-26(2,3)24-22(20(34)16-30(36,38-24)28(7,8)9)18(32)14-13-15-19(33)23-21(35)17-31(37,29(10,11)12)39-25(23)27(4,5)6/h20-25,34-37H,13-17H2,1-12H3/t20-,21-,22+,23+,24+,25+,30-,31-/m0/s1. The van der Waals surface area contributed by atoms with Gasteiger partial charge >= 0.3 is 0 Å². The molecule has 2 aliphatic rings. The summed E-state index contributed by atoms with van der Waals surface area (Å²) in [5.41, 5.74) is -2.37. The Morgan fingerprint density at radius 3 is 1.15 bits per heavy atom. The Bertz CT molecular complexity index is 814. The van der Waals surface area contributed by atoms with Crippen molar-refractivity contribution in [1.82, 2.24) is 0 Å². The Morgan fingerprint density at radius 2 is 0.923 bits per heavy atom. The highest BCUT2D eigenvalue weighted by molar-refractivity contribution is 5.85. The summed E-state index contributed by atoms with van der Waals surface area (Å²) in [6.45, 7) is 22.5. The summed E-state index contributed by atoms with van der Waals surface area (Å²) in [5.74, 6) is -5.22. The van der Waals surface area contributed by atoms with Crippen molar-refractivity contribution < 1.29 is 39.5 Å². The van der Waals surface area contributed by atoms with E-state index in [1.165, 1.54) is 0 Å². The second-order valence-corrected chi connectivity index (χ2v) is 16.3. The van der Waals surface area contributed by atoms with Gasteiger partial charge in [-0.2, -0.15) is 0 Å². The molecule has 0 aromatic heterocycles. The Hall–Kier alpha value is -0.900. The lowest BCUT2D eigenvalue weighted by atomic mass is 9.68. The molecule has 0 unspecified atom stereocenters. The molecule has 8 atom stereocenters. The molecule has 228 valence electrons. The van der Waals surface area contributed by atoms with Gasteiger partial charge in [0.25, 0.3) is 0 Å². The third-order valence-electron chi connectivity index (χ3n) is 8.74. The minimum atomic E-state index is -1.58. The van der Waals surface area contributed by atoms with E-state index in [2.05, 4.69) is 0 Å². The van der Waals surface area contributed by atoms with Gasteiger partial charge in [-0.15, -0.1) is 0 Å². The van der Waals surface area contributed by atoms with E-state index in [9.17, 15) is 30.0 Å². The highest BCUT2D eigenvalue weighted by Gasteiger charge is 2.57. The zero-order chi connectivity index (χ0) is 30.6. The molecule has 2 fully saturated rings. The zero-order valence-corrected chi connectivity index (χ0v) is 26.4. The number of carbonyl (C=O) groups excluding carboxylic acids is 2. The predicted octanol–water partition coefficient (Wildman–Crippen LogP) is 4.39. The average molecular weight is 557 g/mol. The fourth-order valence-corrected chi connectivity index (χ4v) is 5.82. The first-order chi connectivity index (χ1) is 17.3. The normalized spacial score (nSPS) is 37.0. The maximum absolute atomic E-state index is 13.4. The topological polar surface area (TPSA) is 134 Å². The molecule has 4 N–H and O–H groups in total. The van der Waals surface area contributed by atoms with Gasteiger partial charge in [0.05, 0.1) is 36.3 Å². The van der Waals surface area contributed by atoms with E-state index in [-0.39, 0.29) is 43.7 Å². The van der Waals surface area contributed by atoms with Crippen LogP contribution in [0, 0.1) is 33.5 Å². The molecule has 0 spiro atoms. The lowest BCUT2D eigenvalue weighted by Gasteiger charge is -2.53. The molecule has 0 radical (unpaired) electrons. The van der Waals surface area contributed by atoms with Crippen LogP contribution < -0.4 is 0 Å². The molecule has 8 heteroatoms. The number of rotatable bonds is 6. The van der Waals surface area contributed by atoms with Gasteiger partial charge < -0.3 is 29.9 Å². The highest BCUT2D eigenvalue weighted by Crippen LogP contribution is 2.48. The zero-order valence-electron chi connectivity index (χ0n) is 26.4. The van der Waals surface area contributed by atoms with Gasteiger partial charge in [0.1, 0.15) is 11.6 Å². The first-order valence-electron chi connectivity index (χ1n) is 14.5. The maximum Gasteiger partial charge on any atom is 0.173 e. The van der Waals surface area contributed by atoms with Gasteiger partial charge in [0.15, 0.2) is 11.6 Å². The molecular formula is C31H56O8. The maximum atomic E-state index is 13.4. The molecule has 0 bridgehead atoms. The molecule has 39 heavy (non-hydrogen) atoms. The van der Waals surface area contributed by atoms with E-state index >= 15 is 0 Å². The number of ether oxygens (including phenoxy) is 2. The molecule has 0 saturated carbocycles. The quantitative estimate of drug-likeness (QED) is 0.379. The molecule has 2 heterocycles. The third kappa shape index (κ3) is 7.31. The SMILES string of the molecule is CC(C)(C)[C@@H]1O[C@](O)(C(C)(C)C)C[C@H](O)[C@H]1C(=O)CCCC(=O)[C@H]1[C@H](C(C)(C)C)O[C@](O)(C(C)(C)C)C[C@@H]1O. The van der Waals surface area contributed by atoms with E-state index in [0.717, 1.165) is 0 Å². The van der Waals surface area contributed by atoms with Gasteiger partial charge in [-0.05, 0) is 17.3 Å². The van der Waals surface area contributed by atoms with Crippen LogP contribution in [-0.2, 0) is 19.1 Å². The smallest absolute Gasteiger partial charge is 0.173 e. The summed E-state index contributed by atoms with van der Waals surface area (Å²) < 4.78 is 12.4.